The van der Waals surface area contributed by atoms with Gasteiger partial charge in [-0.25, -0.2) is 9.78 Å². The fraction of sp³-hybridized carbons (Fsp3) is 0.320. The summed E-state index contributed by atoms with van der Waals surface area (Å²) in [6, 6.07) is 5.28. The van der Waals surface area contributed by atoms with Gasteiger partial charge < -0.3 is 20.1 Å². The van der Waals surface area contributed by atoms with Crippen LogP contribution in [0.4, 0.5) is 5.82 Å². The van der Waals surface area contributed by atoms with Crippen LogP contribution in [-0.2, 0) is 9.53 Å². The standard InChI is InChI=1S/C25H25N7O5S/c1-3-37-9-8-27-23(34)16-11-31(12-16)18-10-14(2)19-20(33)17(24(35)36)13-32(22(19)28-18)25-29-21(30-38-25)15-4-6-26-7-5-15/h4-7,10,13,16H,3,8-9,11-12H2,1-2H3,(H,27,34)(H,35,36). The first-order valence-corrected chi connectivity index (χ1v) is 12.8. The number of carbonyl (C=O) groups excluding carboxylic acids is 1. The van der Waals surface area contributed by atoms with Crippen molar-refractivity contribution in [2.75, 3.05) is 37.7 Å². The summed E-state index contributed by atoms with van der Waals surface area (Å²) in [4.78, 5) is 52.7. The van der Waals surface area contributed by atoms with Crippen molar-refractivity contribution in [3.8, 4) is 16.5 Å². The van der Waals surface area contributed by atoms with E-state index < -0.39 is 11.4 Å². The molecule has 0 unspecified atom stereocenters. The number of aryl methyl sites for hydroxylation is 1. The van der Waals surface area contributed by atoms with Gasteiger partial charge in [0.1, 0.15) is 11.4 Å². The lowest BCUT2D eigenvalue weighted by atomic mass is 9.98. The molecule has 1 aliphatic heterocycles. The van der Waals surface area contributed by atoms with E-state index in [0.29, 0.717) is 55.2 Å². The molecule has 1 aliphatic rings. The predicted molar refractivity (Wildman–Crippen MR) is 141 cm³/mol. The lowest BCUT2D eigenvalue weighted by Gasteiger charge is -2.39. The Hall–Kier alpha value is -4.23. The third-order valence-electron chi connectivity index (χ3n) is 6.26. The fourth-order valence-electron chi connectivity index (χ4n) is 4.24. The van der Waals surface area contributed by atoms with Gasteiger partial charge in [-0.1, -0.05) is 0 Å². The number of fused-ring (bicyclic) bond motifs is 1. The molecule has 12 nitrogen and oxygen atoms in total. The molecule has 5 rings (SSSR count). The Labute approximate surface area is 221 Å². The van der Waals surface area contributed by atoms with Crippen LogP contribution in [0, 0.1) is 12.8 Å². The number of anilines is 1. The average Bonchev–Trinajstić information content (AvgIpc) is 3.36. The second-order valence-electron chi connectivity index (χ2n) is 8.77. The number of amides is 1. The number of carboxylic acids is 1. The first-order chi connectivity index (χ1) is 18.4. The van der Waals surface area contributed by atoms with Gasteiger partial charge >= 0.3 is 5.97 Å². The highest BCUT2D eigenvalue weighted by Crippen LogP contribution is 2.29. The number of carbonyl (C=O) groups is 2. The SMILES string of the molecule is CCOCCNC(=O)C1CN(c2cc(C)c3c(=O)c(C(=O)O)cn(-c4nc(-c5ccncc5)ns4)c3n2)C1. The number of carboxylic acid groups (broad SMARTS) is 1. The summed E-state index contributed by atoms with van der Waals surface area (Å²) in [6.07, 6.45) is 4.50. The third kappa shape index (κ3) is 4.85. The maximum Gasteiger partial charge on any atom is 0.341 e. The number of rotatable bonds is 9. The first-order valence-electron chi connectivity index (χ1n) is 12.0. The van der Waals surface area contributed by atoms with Gasteiger partial charge in [-0.3, -0.25) is 19.1 Å². The van der Waals surface area contributed by atoms with E-state index in [2.05, 4.69) is 19.7 Å². The number of ether oxygens (including phenoxy) is 1. The van der Waals surface area contributed by atoms with E-state index in [1.807, 2.05) is 11.8 Å². The van der Waals surface area contributed by atoms with Crippen molar-refractivity contribution in [3.05, 3.63) is 58.1 Å². The van der Waals surface area contributed by atoms with Gasteiger partial charge in [0.2, 0.25) is 16.5 Å². The Kier molecular flexibility index (Phi) is 7.11. The highest BCUT2D eigenvalue weighted by molar-refractivity contribution is 7.08. The molecule has 38 heavy (non-hydrogen) atoms. The van der Waals surface area contributed by atoms with Crippen LogP contribution < -0.4 is 15.6 Å². The van der Waals surface area contributed by atoms with E-state index in [4.69, 9.17) is 9.72 Å². The summed E-state index contributed by atoms with van der Waals surface area (Å²) < 4.78 is 11.2. The van der Waals surface area contributed by atoms with Crippen LogP contribution in [0.1, 0.15) is 22.8 Å². The van der Waals surface area contributed by atoms with Crippen LogP contribution in [-0.4, -0.2) is 73.7 Å². The van der Waals surface area contributed by atoms with Gasteiger partial charge in [0.15, 0.2) is 11.5 Å². The molecule has 13 heteroatoms. The van der Waals surface area contributed by atoms with Gasteiger partial charge in [-0.2, -0.15) is 9.36 Å². The molecule has 0 aromatic carbocycles. The van der Waals surface area contributed by atoms with Crippen molar-refractivity contribution in [1.29, 1.82) is 0 Å². The molecule has 0 bridgehead atoms. The second kappa shape index (κ2) is 10.6. The Bertz CT molecular complexity index is 1560. The molecule has 1 fully saturated rings. The molecule has 0 saturated carbocycles. The maximum absolute atomic E-state index is 13.1. The molecular weight excluding hydrogens is 510 g/mol. The minimum atomic E-state index is -1.34. The van der Waals surface area contributed by atoms with E-state index in [9.17, 15) is 19.5 Å². The van der Waals surface area contributed by atoms with Crippen LogP contribution >= 0.6 is 11.5 Å². The van der Waals surface area contributed by atoms with Crippen molar-refractivity contribution in [2.24, 2.45) is 5.92 Å². The topological polar surface area (TPSA) is 152 Å². The summed E-state index contributed by atoms with van der Waals surface area (Å²) in [7, 11) is 0. The van der Waals surface area contributed by atoms with Crippen molar-refractivity contribution >= 4 is 40.3 Å². The monoisotopic (exact) mass is 535 g/mol. The Morgan fingerprint density at radius 1 is 1.24 bits per heavy atom. The van der Waals surface area contributed by atoms with Crippen molar-refractivity contribution < 1.29 is 19.4 Å². The molecule has 1 amide bonds. The fourth-order valence-corrected chi connectivity index (χ4v) is 4.90. The number of aromatic carboxylic acids is 1. The quantitative estimate of drug-likeness (QED) is 0.304. The van der Waals surface area contributed by atoms with E-state index in [1.165, 1.54) is 10.8 Å². The van der Waals surface area contributed by atoms with Gasteiger partial charge in [0.25, 0.3) is 0 Å². The smallest absolute Gasteiger partial charge is 0.341 e. The molecule has 0 radical (unpaired) electrons. The van der Waals surface area contributed by atoms with Crippen LogP contribution in [0.5, 0.6) is 0 Å². The molecule has 1 saturated heterocycles. The molecule has 4 aromatic heterocycles. The highest BCUT2D eigenvalue weighted by atomic mass is 32.1. The summed E-state index contributed by atoms with van der Waals surface area (Å²) in [5.41, 5.74) is 0.604. The average molecular weight is 536 g/mol. The molecule has 2 N–H and O–H groups in total. The summed E-state index contributed by atoms with van der Waals surface area (Å²) in [5.74, 6) is -0.529. The number of hydrogen-bond acceptors (Lipinski definition) is 10. The third-order valence-corrected chi connectivity index (χ3v) is 6.97. The van der Waals surface area contributed by atoms with E-state index in [-0.39, 0.29) is 28.4 Å². The number of aromatic nitrogens is 5. The van der Waals surface area contributed by atoms with Crippen molar-refractivity contribution in [3.63, 3.8) is 0 Å². The van der Waals surface area contributed by atoms with E-state index in [1.54, 1.807) is 37.5 Å². The van der Waals surface area contributed by atoms with Crippen LogP contribution in [0.3, 0.4) is 0 Å². The highest BCUT2D eigenvalue weighted by Gasteiger charge is 2.34. The Balaban J connectivity index is 1.49. The lowest BCUT2D eigenvalue weighted by molar-refractivity contribution is -0.125. The molecule has 0 atom stereocenters. The molecule has 4 aromatic rings. The molecule has 0 spiro atoms. The summed E-state index contributed by atoms with van der Waals surface area (Å²) in [6.45, 7) is 6.11. The lowest BCUT2D eigenvalue weighted by Crippen LogP contribution is -2.54. The molecule has 196 valence electrons. The Morgan fingerprint density at radius 2 is 2.00 bits per heavy atom. The zero-order valence-corrected chi connectivity index (χ0v) is 21.6. The van der Waals surface area contributed by atoms with Gasteiger partial charge in [-0.05, 0) is 37.6 Å². The molecule has 0 aliphatic carbocycles. The normalized spacial score (nSPS) is 13.5. The number of hydrogen-bond donors (Lipinski definition) is 2. The van der Waals surface area contributed by atoms with E-state index in [0.717, 1.165) is 17.1 Å². The predicted octanol–water partition coefficient (Wildman–Crippen LogP) is 1.89. The maximum atomic E-state index is 13.1. The minimum Gasteiger partial charge on any atom is -0.477 e. The zero-order valence-electron chi connectivity index (χ0n) is 20.7. The molecule has 5 heterocycles. The van der Waals surface area contributed by atoms with Gasteiger partial charge in [0, 0.05) is 61.9 Å². The van der Waals surface area contributed by atoms with Crippen molar-refractivity contribution in [2.45, 2.75) is 13.8 Å². The van der Waals surface area contributed by atoms with Gasteiger partial charge in [0.05, 0.1) is 17.9 Å². The van der Waals surface area contributed by atoms with E-state index >= 15 is 0 Å². The minimum absolute atomic E-state index is 0.0426. The summed E-state index contributed by atoms with van der Waals surface area (Å²) >= 11 is 1.06. The van der Waals surface area contributed by atoms with Gasteiger partial charge in [-0.15, -0.1) is 0 Å². The van der Waals surface area contributed by atoms with Crippen LogP contribution in [0.25, 0.3) is 27.6 Å². The number of nitrogens with one attached hydrogen (secondary N) is 1. The van der Waals surface area contributed by atoms with Crippen LogP contribution in [0.2, 0.25) is 0 Å². The Morgan fingerprint density at radius 3 is 2.71 bits per heavy atom. The largest absolute Gasteiger partial charge is 0.477 e. The zero-order chi connectivity index (χ0) is 26.8. The number of pyridine rings is 3. The van der Waals surface area contributed by atoms with Crippen molar-refractivity contribution in [1.82, 2.24) is 29.2 Å². The first kappa shape index (κ1) is 25.4. The second-order valence-corrected chi connectivity index (χ2v) is 9.50. The number of nitrogens with zero attached hydrogens (tertiary/aromatic N) is 6. The van der Waals surface area contributed by atoms with Crippen LogP contribution in [0.15, 0.2) is 41.6 Å². The molecular formula is C25H25N7O5S. The summed E-state index contributed by atoms with van der Waals surface area (Å²) in [5, 5.41) is 13.1.